The number of hydrogen-bond donors (Lipinski definition) is 1. The highest BCUT2D eigenvalue weighted by molar-refractivity contribution is 5.92. The van der Waals surface area contributed by atoms with Crippen LogP contribution in [0.1, 0.15) is 41.5 Å². The van der Waals surface area contributed by atoms with Gasteiger partial charge in [-0.05, 0) is 56.2 Å². The Kier molecular flexibility index (Phi) is 4.31. The minimum atomic E-state index is -0.981. The van der Waals surface area contributed by atoms with Crippen molar-refractivity contribution in [2.75, 3.05) is 0 Å². The van der Waals surface area contributed by atoms with Gasteiger partial charge in [0.15, 0.2) is 0 Å². The fourth-order valence-corrected chi connectivity index (χ4v) is 1.99. The van der Waals surface area contributed by atoms with Crippen LogP contribution >= 0.6 is 0 Å². The van der Waals surface area contributed by atoms with Crippen LogP contribution in [0.4, 0.5) is 0 Å². The number of hydrogen-bond acceptors (Lipinski definition) is 3. The second-order valence-electron chi connectivity index (χ2n) is 5.97. The first kappa shape index (κ1) is 15.8. The number of carboxylic acid groups (broad SMARTS) is 1. The number of ether oxygens (including phenoxy) is 1. The van der Waals surface area contributed by atoms with E-state index in [1.54, 1.807) is 36.4 Å². The quantitative estimate of drug-likeness (QED) is 0.870. The number of benzene rings is 2. The molecule has 0 bridgehead atoms. The number of carbonyl (C=O) groups is 2. The molecule has 114 valence electrons. The van der Waals surface area contributed by atoms with Gasteiger partial charge in [0.2, 0.25) is 0 Å². The largest absolute Gasteiger partial charge is 0.478 e. The summed E-state index contributed by atoms with van der Waals surface area (Å²) in [5, 5.41) is 9.05. The smallest absolute Gasteiger partial charge is 0.338 e. The van der Waals surface area contributed by atoms with Crippen molar-refractivity contribution in [3.63, 3.8) is 0 Å². The van der Waals surface area contributed by atoms with Crippen molar-refractivity contribution in [2.45, 2.75) is 26.4 Å². The summed E-state index contributed by atoms with van der Waals surface area (Å²) in [6.07, 6.45) is 0. The maximum atomic E-state index is 12.1. The van der Waals surface area contributed by atoms with Crippen LogP contribution in [-0.4, -0.2) is 22.6 Å². The minimum absolute atomic E-state index is 0.208. The fraction of sp³-hybridized carbons (Fsp3) is 0.222. The van der Waals surface area contributed by atoms with Crippen molar-refractivity contribution in [2.24, 2.45) is 0 Å². The van der Waals surface area contributed by atoms with Crippen LogP contribution in [0.3, 0.4) is 0 Å². The molecule has 22 heavy (non-hydrogen) atoms. The van der Waals surface area contributed by atoms with E-state index in [1.165, 1.54) is 6.07 Å². The lowest BCUT2D eigenvalue weighted by molar-refractivity contribution is 0.00694. The molecule has 0 amide bonds. The van der Waals surface area contributed by atoms with E-state index in [9.17, 15) is 9.59 Å². The monoisotopic (exact) mass is 298 g/mol. The van der Waals surface area contributed by atoms with Gasteiger partial charge in [0.05, 0.1) is 11.1 Å². The van der Waals surface area contributed by atoms with E-state index in [2.05, 4.69) is 0 Å². The second-order valence-corrected chi connectivity index (χ2v) is 5.97. The summed E-state index contributed by atoms with van der Waals surface area (Å²) in [5.74, 6) is -1.38. The highest BCUT2D eigenvalue weighted by atomic mass is 16.6. The van der Waals surface area contributed by atoms with Crippen molar-refractivity contribution in [3.8, 4) is 11.1 Å². The van der Waals surface area contributed by atoms with E-state index >= 15 is 0 Å². The number of carboxylic acids is 1. The van der Waals surface area contributed by atoms with Crippen molar-refractivity contribution in [1.29, 1.82) is 0 Å². The SMILES string of the molecule is CC(C)(C)OC(=O)c1cccc(-c2cccc(C(=O)O)c2)c1. The van der Waals surface area contributed by atoms with E-state index in [1.807, 2.05) is 26.8 Å². The lowest BCUT2D eigenvalue weighted by Gasteiger charge is -2.19. The predicted octanol–water partition coefficient (Wildman–Crippen LogP) is 4.01. The highest BCUT2D eigenvalue weighted by Gasteiger charge is 2.18. The average molecular weight is 298 g/mol. The van der Waals surface area contributed by atoms with Gasteiger partial charge in [0, 0.05) is 0 Å². The predicted molar refractivity (Wildman–Crippen MR) is 84.0 cm³/mol. The zero-order valence-electron chi connectivity index (χ0n) is 12.8. The normalized spacial score (nSPS) is 11.0. The minimum Gasteiger partial charge on any atom is -0.478 e. The average Bonchev–Trinajstić information content (AvgIpc) is 2.46. The Labute approximate surface area is 129 Å². The molecule has 2 aromatic carbocycles. The molecule has 2 rings (SSSR count). The zero-order chi connectivity index (χ0) is 16.3. The van der Waals surface area contributed by atoms with Gasteiger partial charge in [-0.2, -0.15) is 0 Å². The van der Waals surface area contributed by atoms with Crippen LogP contribution in [0.2, 0.25) is 0 Å². The van der Waals surface area contributed by atoms with Crippen molar-refractivity contribution >= 4 is 11.9 Å². The Bertz CT molecular complexity index is 711. The summed E-state index contributed by atoms with van der Waals surface area (Å²) in [6.45, 7) is 5.43. The zero-order valence-corrected chi connectivity index (χ0v) is 12.8. The van der Waals surface area contributed by atoms with Crippen LogP contribution in [0.5, 0.6) is 0 Å². The molecule has 0 saturated heterocycles. The molecular weight excluding hydrogens is 280 g/mol. The fourth-order valence-electron chi connectivity index (χ4n) is 1.99. The van der Waals surface area contributed by atoms with Crippen LogP contribution in [-0.2, 0) is 4.74 Å². The Morgan fingerprint density at radius 3 is 1.91 bits per heavy atom. The summed E-state index contributed by atoms with van der Waals surface area (Å²) < 4.78 is 5.34. The molecule has 0 aliphatic carbocycles. The summed E-state index contributed by atoms with van der Waals surface area (Å²) in [4.78, 5) is 23.1. The van der Waals surface area contributed by atoms with Gasteiger partial charge in [-0.25, -0.2) is 9.59 Å². The lowest BCUT2D eigenvalue weighted by atomic mass is 10.0. The highest BCUT2D eigenvalue weighted by Crippen LogP contribution is 2.23. The van der Waals surface area contributed by atoms with E-state index in [4.69, 9.17) is 9.84 Å². The first-order valence-corrected chi connectivity index (χ1v) is 6.93. The van der Waals surface area contributed by atoms with Crippen LogP contribution in [0, 0.1) is 0 Å². The van der Waals surface area contributed by atoms with Gasteiger partial charge in [-0.1, -0.05) is 24.3 Å². The first-order chi connectivity index (χ1) is 10.3. The molecule has 1 N–H and O–H groups in total. The summed E-state index contributed by atoms with van der Waals surface area (Å²) in [5.41, 5.74) is 1.60. The van der Waals surface area contributed by atoms with Gasteiger partial charge in [-0.15, -0.1) is 0 Å². The van der Waals surface area contributed by atoms with Crippen molar-refractivity contribution in [3.05, 3.63) is 59.7 Å². The van der Waals surface area contributed by atoms with Gasteiger partial charge in [0.1, 0.15) is 5.60 Å². The molecule has 0 aliphatic rings. The standard InChI is InChI=1S/C18H18O4/c1-18(2,3)22-17(21)15-9-5-7-13(11-15)12-6-4-8-14(10-12)16(19)20/h4-11H,1-3H3,(H,19,20). The molecule has 4 nitrogen and oxygen atoms in total. The Morgan fingerprint density at radius 2 is 1.41 bits per heavy atom. The number of aromatic carboxylic acids is 1. The van der Waals surface area contributed by atoms with Gasteiger partial charge >= 0.3 is 11.9 Å². The Balaban J connectivity index is 2.34. The molecule has 2 aromatic rings. The summed E-state index contributed by atoms with van der Waals surface area (Å²) in [7, 11) is 0. The van der Waals surface area contributed by atoms with Crippen LogP contribution < -0.4 is 0 Å². The molecule has 0 saturated carbocycles. The molecule has 4 heteroatoms. The van der Waals surface area contributed by atoms with Gasteiger partial charge in [0.25, 0.3) is 0 Å². The molecule has 0 aromatic heterocycles. The van der Waals surface area contributed by atoms with Crippen molar-refractivity contribution in [1.82, 2.24) is 0 Å². The number of rotatable bonds is 3. The lowest BCUT2D eigenvalue weighted by Crippen LogP contribution is -2.23. The molecule has 0 aliphatic heterocycles. The number of esters is 1. The topological polar surface area (TPSA) is 63.6 Å². The summed E-state index contributed by atoms with van der Waals surface area (Å²) >= 11 is 0. The molecule has 0 unspecified atom stereocenters. The van der Waals surface area contributed by atoms with Crippen LogP contribution in [0.25, 0.3) is 11.1 Å². The molecule has 0 atom stereocenters. The van der Waals surface area contributed by atoms with E-state index in [0.29, 0.717) is 5.56 Å². The molecular formula is C18H18O4. The Morgan fingerprint density at radius 1 is 0.909 bits per heavy atom. The van der Waals surface area contributed by atoms with E-state index in [0.717, 1.165) is 11.1 Å². The van der Waals surface area contributed by atoms with E-state index < -0.39 is 17.5 Å². The second kappa shape index (κ2) is 6.02. The van der Waals surface area contributed by atoms with Crippen LogP contribution in [0.15, 0.2) is 48.5 Å². The molecule has 0 spiro atoms. The number of carbonyl (C=O) groups excluding carboxylic acids is 1. The first-order valence-electron chi connectivity index (χ1n) is 6.93. The van der Waals surface area contributed by atoms with Gasteiger partial charge in [-0.3, -0.25) is 0 Å². The summed E-state index contributed by atoms with van der Waals surface area (Å²) in [6, 6.07) is 13.6. The van der Waals surface area contributed by atoms with Crippen molar-refractivity contribution < 1.29 is 19.4 Å². The third kappa shape index (κ3) is 3.95. The Hall–Kier alpha value is -2.62. The van der Waals surface area contributed by atoms with Gasteiger partial charge < -0.3 is 9.84 Å². The van der Waals surface area contributed by atoms with E-state index in [-0.39, 0.29) is 5.56 Å². The molecule has 0 radical (unpaired) electrons. The maximum absolute atomic E-state index is 12.1. The molecule has 0 fully saturated rings. The molecule has 0 heterocycles. The third-order valence-electron chi connectivity index (χ3n) is 2.94. The maximum Gasteiger partial charge on any atom is 0.338 e. The third-order valence-corrected chi connectivity index (χ3v) is 2.94.